The highest BCUT2D eigenvalue weighted by Crippen LogP contribution is 2.23. The maximum absolute atomic E-state index is 14.2. The summed E-state index contributed by atoms with van der Waals surface area (Å²) in [5.41, 5.74) is 2.88. The molecule has 0 bridgehead atoms. The van der Waals surface area contributed by atoms with E-state index in [0.29, 0.717) is 25.3 Å². The van der Waals surface area contributed by atoms with E-state index >= 15 is 0 Å². The van der Waals surface area contributed by atoms with E-state index in [1.54, 1.807) is 0 Å². The second-order valence-corrected chi connectivity index (χ2v) is 6.71. The van der Waals surface area contributed by atoms with Crippen molar-refractivity contribution in [2.75, 3.05) is 31.1 Å². The van der Waals surface area contributed by atoms with Crippen LogP contribution in [-0.2, 0) is 6.42 Å². The van der Waals surface area contributed by atoms with Gasteiger partial charge in [0.25, 0.3) is 5.91 Å². The van der Waals surface area contributed by atoms with Crippen molar-refractivity contribution < 1.29 is 14.0 Å². The van der Waals surface area contributed by atoms with Gasteiger partial charge in [-0.3, -0.25) is 9.69 Å². The number of urea groups is 1. The lowest BCUT2D eigenvalue weighted by Crippen LogP contribution is -2.39. The molecule has 2 aromatic carbocycles. The molecule has 0 saturated carbocycles. The molecule has 4 rings (SSSR count). The summed E-state index contributed by atoms with van der Waals surface area (Å²) in [4.78, 5) is 25.9. The van der Waals surface area contributed by atoms with Gasteiger partial charge < -0.3 is 16.0 Å². The van der Waals surface area contributed by atoms with E-state index in [1.165, 1.54) is 28.7 Å². The molecule has 2 aliphatic heterocycles. The zero-order chi connectivity index (χ0) is 18.8. The Labute approximate surface area is 156 Å². The second kappa shape index (κ2) is 7.36. The Hall–Kier alpha value is -2.93. The number of rotatable bonds is 4. The highest BCUT2D eigenvalue weighted by Gasteiger charge is 2.24. The topological polar surface area (TPSA) is 73.5 Å². The van der Waals surface area contributed by atoms with Crippen LogP contribution in [-0.4, -0.2) is 38.1 Å². The van der Waals surface area contributed by atoms with Crippen molar-refractivity contribution >= 4 is 17.6 Å². The predicted octanol–water partition coefficient (Wildman–Crippen LogP) is 1.97. The monoisotopic (exact) mass is 368 g/mol. The summed E-state index contributed by atoms with van der Waals surface area (Å²) in [6.45, 7) is 2.23. The fourth-order valence-corrected chi connectivity index (χ4v) is 3.64. The molecule has 27 heavy (non-hydrogen) atoms. The number of carbonyl (C=O) groups is 2. The number of anilines is 1. The molecule has 0 aromatic heterocycles. The van der Waals surface area contributed by atoms with Crippen LogP contribution in [0.3, 0.4) is 0 Å². The van der Waals surface area contributed by atoms with E-state index in [0.717, 1.165) is 18.5 Å². The number of nitrogens with zero attached hydrogens (tertiary/aromatic N) is 1. The normalized spacial score (nSPS) is 18.8. The molecule has 3 N–H and O–H groups in total. The Kier molecular flexibility index (Phi) is 4.77. The summed E-state index contributed by atoms with van der Waals surface area (Å²) < 4.78 is 14.2. The van der Waals surface area contributed by atoms with Crippen LogP contribution in [0.15, 0.2) is 42.5 Å². The molecule has 2 aliphatic rings. The third kappa shape index (κ3) is 3.50. The van der Waals surface area contributed by atoms with Crippen molar-refractivity contribution in [1.29, 1.82) is 0 Å². The summed E-state index contributed by atoms with van der Waals surface area (Å²) in [7, 11) is 0. The fourth-order valence-electron chi connectivity index (χ4n) is 3.64. The van der Waals surface area contributed by atoms with Crippen molar-refractivity contribution in [2.24, 2.45) is 0 Å². The first-order valence-electron chi connectivity index (χ1n) is 9.08. The first-order valence-corrected chi connectivity index (χ1v) is 9.08. The maximum Gasteiger partial charge on any atom is 0.321 e. The van der Waals surface area contributed by atoms with Gasteiger partial charge in [-0.2, -0.15) is 0 Å². The van der Waals surface area contributed by atoms with E-state index in [4.69, 9.17) is 0 Å². The Balaban J connectivity index is 1.48. The second-order valence-electron chi connectivity index (χ2n) is 6.71. The minimum Gasteiger partial charge on any atom is -0.350 e. The number of nitrogens with one attached hydrogen (secondary N) is 3. The molecule has 3 amide bonds. The smallest absolute Gasteiger partial charge is 0.321 e. The number of halogens is 1. The van der Waals surface area contributed by atoms with Crippen LogP contribution < -0.4 is 20.9 Å². The van der Waals surface area contributed by atoms with Crippen LogP contribution in [0.4, 0.5) is 14.9 Å². The van der Waals surface area contributed by atoms with Crippen molar-refractivity contribution in [2.45, 2.75) is 12.5 Å². The summed E-state index contributed by atoms with van der Waals surface area (Å²) in [6, 6.07) is 12.0. The van der Waals surface area contributed by atoms with Crippen LogP contribution in [0.2, 0.25) is 0 Å². The average Bonchev–Trinajstić information content (AvgIpc) is 3.12. The molecule has 1 unspecified atom stereocenters. The van der Waals surface area contributed by atoms with Crippen molar-refractivity contribution in [3.63, 3.8) is 0 Å². The van der Waals surface area contributed by atoms with E-state index in [1.807, 2.05) is 18.2 Å². The molecular weight excluding hydrogens is 347 g/mol. The Bertz CT molecular complexity index is 886. The Morgan fingerprint density at radius 1 is 1.22 bits per heavy atom. The van der Waals surface area contributed by atoms with Gasteiger partial charge >= 0.3 is 6.03 Å². The van der Waals surface area contributed by atoms with Crippen molar-refractivity contribution in [3.05, 3.63) is 65.0 Å². The fraction of sp³-hybridized carbons (Fsp3) is 0.300. The van der Waals surface area contributed by atoms with Gasteiger partial charge in [0.05, 0.1) is 5.56 Å². The third-order valence-corrected chi connectivity index (χ3v) is 5.05. The van der Waals surface area contributed by atoms with E-state index in [2.05, 4.69) is 22.0 Å². The molecule has 0 aliphatic carbocycles. The molecular formula is C20H21FN4O2. The van der Waals surface area contributed by atoms with Gasteiger partial charge in [0, 0.05) is 31.4 Å². The maximum atomic E-state index is 14.2. The summed E-state index contributed by atoms with van der Waals surface area (Å²) in [5.74, 6) is -1.09. The molecule has 7 heteroatoms. The number of amides is 3. The standard InChI is InChI=1S/C20H21FN4O2/c21-17-6-5-14(25-10-9-23-20(25)27)11-16(17)19(26)24-12-18-15-4-2-1-3-13(15)7-8-22-18/h1-6,11,18,22H,7-10,12H2,(H,23,27)(H,24,26). The minimum atomic E-state index is -0.604. The van der Waals surface area contributed by atoms with Crippen LogP contribution in [0, 0.1) is 5.82 Å². The molecule has 0 spiro atoms. The highest BCUT2D eigenvalue weighted by molar-refractivity contribution is 5.98. The van der Waals surface area contributed by atoms with Crippen LogP contribution in [0.5, 0.6) is 0 Å². The first-order chi connectivity index (χ1) is 13.1. The van der Waals surface area contributed by atoms with Crippen molar-refractivity contribution in [3.8, 4) is 0 Å². The zero-order valence-corrected chi connectivity index (χ0v) is 14.8. The molecule has 140 valence electrons. The number of benzene rings is 2. The Morgan fingerprint density at radius 2 is 2.07 bits per heavy atom. The molecule has 1 atom stereocenters. The molecule has 1 fully saturated rings. The molecule has 6 nitrogen and oxygen atoms in total. The van der Waals surface area contributed by atoms with Gasteiger partial charge in [0.1, 0.15) is 5.82 Å². The van der Waals surface area contributed by atoms with E-state index in [9.17, 15) is 14.0 Å². The number of hydrogen-bond donors (Lipinski definition) is 3. The lowest BCUT2D eigenvalue weighted by molar-refractivity contribution is 0.0945. The van der Waals surface area contributed by atoms with Gasteiger partial charge in [-0.05, 0) is 42.3 Å². The lowest BCUT2D eigenvalue weighted by atomic mass is 9.94. The van der Waals surface area contributed by atoms with Crippen LogP contribution >= 0.6 is 0 Å². The average molecular weight is 368 g/mol. The minimum absolute atomic E-state index is 0.00509. The molecule has 1 saturated heterocycles. The van der Waals surface area contributed by atoms with Gasteiger partial charge in [0.15, 0.2) is 0 Å². The van der Waals surface area contributed by atoms with Gasteiger partial charge in [-0.25, -0.2) is 9.18 Å². The van der Waals surface area contributed by atoms with Crippen molar-refractivity contribution in [1.82, 2.24) is 16.0 Å². The quantitative estimate of drug-likeness (QED) is 0.773. The van der Waals surface area contributed by atoms with Gasteiger partial charge in [-0.15, -0.1) is 0 Å². The zero-order valence-electron chi connectivity index (χ0n) is 14.8. The van der Waals surface area contributed by atoms with Gasteiger partial charge in [0.2, 0.25) is 0 Å². The van der Waals surface area contributed by atoms with Crippen LogP contribution in [0.25, 0.3) is 0 Å². The molecule has 2 aromatic rings. The molecule has 2 heterocycles. The van der Waals surface area contributed by atoms with E-state index in [-0.39, 0.29) is 17.6 Å². The first kappa shape index (κ1) is 17.5. The number of carbonyl (C=O) groups excluding carboxylic acids is 2. The highest BCUT2D eigenvalue weighted by atomic mass is 19.1. The van der Waals surface area contributed by atoms with Crippen LogP contribution in [0.1, 0.15) is 27.5 Å². The third-order valence-electron chi connectivity index (χ3n) is 5.05. The molecule has 0 radical (unpaired) electrons. The summed E-state index contributed by atoms with van der Waals surface area (Å²) in [5, 5.41) is 8.90. The largest absolute Gasteiger partial charge is 0.350 e. The Morgan fingerprint density at radius 3 is 2.89 bits per heavy atom. The predicted molar refractivity (Wildman–Crippen MR) is 100 cm³/mol. The SMILES string of the molecule is O=C(NCC1NCCc2ccccc21)c1cc(N2CCNC2=O)ccc1F. The lowest BCUT2D eigenvalue weighted by Gasteiger charge is -2.27. The summed E-state index contributed by atoms with van der Waals surface area (Å²) >= 11 is 0. The van der Waals surface area contributed by atoms with Gasteiger partial charge in [-0.1, -0.05) is 24.3 Å². The number of fused-ring (bicyclic) bond motifs is 1. The van der Waals surface area contributed by atoms with E-state index < -0.39 is 11.7 Å². The number of hydrogen-bond acceptors (Lipinski definition) is 3. The summed E-state index contributed by atoms with van der Waals surface area (Å²) in [6.07, 6.45) is 0.954.